The van der Waals surface area contributed by atoms with Gasteiger partial charge in [-0.25, -0.2) is 0 Å². The quantitative estimate of drug-likeness (QED) is 0.806. The third-order valence-electron chi connectivity index (χ3n) is 3.17. The van der Waals surface area contributed by atoms with Gasteiger partial charge in [-0.15, -0.1) is 11.6 Å². The summed E-state index contributed by atoms with van der Waals surface area (Å²) in [5, 5.41) is 3.03. The summed E-state index contributed by atoms with van der Waals surface area (Å²) in [6, 6.07) is 7.12. The van der Waals surface area contributed by atoms with Crippen LogP contribution in [-0.2, 0) is 0 Å². The summed E-state index contributed by atoms with van der Waals surface area (Å²) in [5.74, 6) is 1.12. The fourth-order valence-corrected chi connectivity index (χ4v) is 2.06. The van der Waals surface area contributed by atoms with E-state index in [4.69, 9.17) is 16.3 Å². The van der Waals surface area contributed by atoms with Crippen molar-refractivity contribution in [2.75, 3.05) is 13.0 Å². The SMILES string of the molecule is CCC(C)(CCCl)NC(=O)c1cccc(OC)c1. The summed E-state index contributed by atoms with van der Waals surface area (Å²) in [6.45, 7) is 4.05. The number of halogens is 1. The summed E-state index contributed by atoms with van der Waals surface area (Å²) in [7, 11) is 1.58. The summed E-state index contributed by atoms with van der Waals surface area (Å²) in [5.41, 5.74) is 0.339. The molecule has 18 heavy (non-hydrogen) atoms. The van der Waals surface area contributed by atoms with E-state index in [2.05, 4.69) is 5.32 Å². The van der Waals surface area contributed by atoms with E-state index in [1.165, 1.54) is 0 Å². The van der Waals surface area contributed by atoms with Crippen molar-refractivity contribution in [3.63, 3.8) is 0 Å². The first-order valence-corrected chi connectivity index (χ1v) is 6.60. The number of carbonyl (C=O) groups excluding carboxylic acids is 1. The molecule has 1 atom stereocenters. The Hall–Kier alpha value is -1.22. The lowest BCUT2D eigenvalue weighted by molar-refractivity contribution is 0.0901. The van der Waals surface area contributed by atoms with Gasteiger partial charge in [0.25, 0.3) is 5.91 Å². The van der Waals surface area contributed by atoms with E-state index >= 15 is 0 Å². The standard InChI is InChI=1S/C14H20ClNO2/c1-4-14(2,8-9-15)16-13(17)11-6-5-7-12(10-11)18-3/h5-7,10H,4,8-9H2,1-3H3,(H,16,17). The molecule has 3 nitrogen and oxygen atoms in total. The number of ether oxygens (including phenoxy) is 1. The lowest BCUT2D eigenvalue weighted by Gasteiger charge is -2.29. The van der Waals surface area contributed by atoms with Crippen molar-refractivity contribution in [3.8, 4) is 5.75 Å². The maximum Gasteiger partial charge on any atom is 0.251 e. The van der Waals surface area contributed by atoms with E-state index in [1.807, 2.05) is 19.9 Å². The van der Waals surface area contributed by atoms with Crippen LogP contribution in [0.3, 0.4) is 0 Å². The lowest BCUT2D eigenvalue weighted by Crippen LogP contribution is -2.45. The van der Waals surface area contributed by atoms with Crippen LogP contribution in [0.4, 0.5) is 0 Å². The predicted octanol–water partition coefficient (Wildman–Crippen LogP) is 3.22. The van der Waals surface area contributed by atoms with Crippen LogP contribution in [0.1, 0.15) is 37.0 Å². The molecule has 1 N–H and O–H groups in total. The molecule has 0 aliphatic rings. The van der Waals surface area contributed by atoms with Gasteiger partial charge in [-0.2, -0.15) is 0 Å². The highest BCUT2D eigenvalue weighted by atomic mass is 35.5. The Balaban J connectivity index is 2.80. The fourth-order valence-electron chi connectivity index (χ4n) is 1.65. The summed E-state index contributed by atoms with van der Waals surface area (Å²) in [4.78, 5) is 12.2. The number of amides is 1. The molecule has 4 heteroatoms. The molecule has 100 valence electrons. The van der Waals surface area contributed by atoms with Gasteiger partial charge in [0.1, 0.15) is 5.75 Å². The number of methoxy groups -OCH3 is 1. The molecule has 0 saturated heterocycles. The molecule has 0 saturated carbocycles. The molecule has 0 aliphatic carbocycles. The van der Waals surface area contributed by atoms with Crippen molar-refractivity contribution >= 4 is 17.5 Å². The van der Waals surface area contributed by atoms with Gasteiger partial charge >= 0.3 is 0 Å². The number of hydrogen-bond acceptors (Lipinski definition) is 2. The zero-order valence-electron chi connectivity index (χ0n) is 11.1. The van der Waals surface area contributed by atoms with E-state index < -0.39 is 0 Å². The van der Waals surface area contributed by atoms with E-state index in [0.29, 0.717) is 17.2 Å². The molecule has 1 aromatic rings. The monoisotopic (exact) mass is 269 g/mol. The third kappa shape index (κ3) is 3.91. The minimum atomic E-state index is -0.262. The van der Waals surface area contributed by atoms with Crippen LogP contribution in [0.2, 0.25) is 0 Å². The van der Waals surface area contributed by atoms with Crippen LogP contribution >= 0.6 is 11.6 Å². The van der Waals surface area contributed by atoms with Crippen molar-refractivity contribution in [2.45, 2.75) is 32.2 Å². The second kappa shape index (κ2) is 6.64. The molecule has 0 spiro atoms. The molecular formula is C14H20ClNO2. The van der Waals surface area contributed by atoms with Gasteiger partial charge in [-0.3, -0.25) is 4.79 Å². The molecule has 1 rings (SSSR count). The largest absolute Gasteiger partial charge is 0.497 e. The van der Waals surface area contributed by atoms with Gasteiger partial charge in [0.05, 0.1) is 7.11 Å². The molecule has 0 aliphatic heterocycles. The van der Waals surface area contributed by atoms with Gasteiger partial charge in [0.2, 0.25) is 0 Å². The van der Waals surface area contributed by atoms with Gasteiger partial charge in [-0.05, 0) is 38.0 Å². The van der Waals surface area contributed by atoms with Gasteiger partial charge in [0.15, 0.2) is 0 Å². The summed E-state index contributed by atoms with van der Waals surface area (Å²) < 4.78 is 5.11. The Kier molecular flexibility index (Phi) is 5.48. The van der Waals surface area contributed by atoms with Crippen molar-refractivity contribution in [1.29, 1.82) is 0 Å². The first kappa shape index (κ1) is 14.8. The Morgan fingerprint density at radius 1 is 1.50 bits per heavy atom. The molecule has 1 amide bonds. The van der Waals surface area contributed by atoms with Gasteiger partial charge in [0, 0.05) is 17.0 Å². The number of carbonyl (C=O) groups is 1. The highest BCUT2D eigenvalue weighted by Crippen LogP contribution is 2.18. The Morgan fingerprint density at radius 3 is 2.78 bits per heavy atom. The van der Waals surface area contributed by atoms with Crippen LogP contribution in [0.25, 0.3) is 0 Å². The number of nitrogens with one attached hydrogen (secondary N) is 1. The van der Waals surface area contributed by atoms with E-state index in [1.54, 1.807) is 25.3 Å². The second-order valence-electron chi connectivity index (χ2n) is 4.54. The van der Waals surface area contributed by atoms with Gasteiger partial charge in [-0.1, -0.05) is 13.0 Å². The Bertz CT molecular complexity index is 409. The molecule has 1 aromatic carbocycles. The predicted molar refractivity (Wildman–Crippen MR) is 74.5 cm³/mol. The van der Waals surface area contributed by atoms with E-state index in [9.17, 15) is 4.79 Å². The number of rotatable bonds is 6. The molecule has 0 radical (unpaired) electrons. The smallest absolute Gasteiger partial charge is 0.251 e. The minimum absolute atomic E-state index is 0.0941. The molecule has 0 bridgehead atoms. The minimum Gasteiger partial charge on any atom is -0.497 e. The second-order valence-corrected chi connectivity index (χ2v) is 4.92. The third-order valence-corrected chi connectivity index (χ3v) is 3.36. The maximum atomic E-state index is 12.2. The van der Waals surface area contributed by atoms with Crippen molar-refractivity contribution < 1.29 is 9.53 Å². The number of alkyl halides is 1. The highest BCUT2D eigenvalue weighted by Gasteiger charge is 2.24. The van der Waals surface area contributed by atoms with E-state index in [0.717, 1.165) is 12.8 Å². The first-order chi connectivity index (χ1) is 8.54. The lowest BCUT2D eigenvalue weighted by atomic mass is 9.95. The molecule has 1 unspecified atom stereocenters. The maximum absolute atomic E-state index is 12.2. The van der Waals surface area contributed by atoms with Crippen LogP contribution < -0.4 is 10.1 Å². The zero-order valence-corrected chi connectivity index (χ0v) is 11.9. The Morgan fingerprint density at radius 2 is 2.22 bits per heavy atom. The van der Waals surface area contributed by atoms with Crippen LogP contribution in [0, 0.1) is 0 Å². The van der Waals surface area contributed by atoms with Crippen LogP contribution in [-0.4, -0.2) is 24.4 Å². The number of hydrogen-bond donors (Lipinski definition) is 1. The van der Waals surface area contributed by atoms with Crippen molar-refractivity contribution in [2.24, 2.45) is 0 Å². The average Bonchev–Trinajstić information content (AvgIpc) is 2.39. The average molecular weight is 270 g/mol. The highest BCUT2D eigenvalue weighted by molar-refractivity contribution is 6.17. The topological polar surface area (TPSA) is 38.3 Å². The molecule has 0 aromatic heterocycles. The number of benzene rings is 1. The summed E-state index contributed by atoms with van der Waals surface area (Å²) >= 11 is 5.77. The first-order valence-electron chi connectivity index (χ1n) is 6.07. The molecule has 0 heterocycles. The zero-order chi connectivity index (χ0) is 13.6. The Labute approximate surface area is 113 Å². The van der Waals surface area contributed by atoms with Gasteiger partial charge < -0.3 is 10.1 Å². The van der Waals surface area contributed by atoms with Crippen molar-refractivity contribution in [1.82, 2.24) is 5.32 Å². The van der Waals surface area contributed by atoms with Crippen molar-refractivity contribution in [3.05, 3.63) is 29.8 Å². The molecular weight excluding hydrogens is 250 g/mol. The molecule has 0 fully saturated rings. The van der Waals surface area contributed by atoms with Crippen LogP contribution in [0.15, 0.2) is 24.3 Å². The van der Waals surface area contributed by atoms with E-state index in [-0.39, 0.29) is 11.4 Å². The fraction of sp³-hybridized carbons (Fsp3) is 0.500. The normalized spacial score (nSPS) is 13.8. The van der Waals surface area contributed by atoms with Crippen LogP contribution in [0.5, 0.6) is 5.75 Å². The summed E-state index contributed by atoms with van der Waals surface area (Å²) in [6.07, 6.45) is 1.59.